The fourth-order valence-corrected chi connectivity index (χ4v) is 2.24. The van der Waals surface area contributed by atoms with Gasteiger partial charge in [-0.1, -0.05) is 27.2 Å². The molecule has 1 heterocycles. The van der Waals surface area contributed by atoms with Gasteiger partial charge in [0, 0.05) is 0 Å². The summed E-state index contributed by atoms with van der Waals surface area (Å²) in [7, 11) is 0. The zero-order valence-electron chi connectivity index (χ0n) is 9.99. The normalized spacial score (nSPS) is 14.1. The monoisotopic (exact) mass is 226 g/mol. The Morgan fingerprint density at radius 3 is 2.60 bits per heavy atom. The van der Waals surface area contributed by atoms with Crippen LogP contribution >= 0.6 is 11.3 Å². The van der Waals surface area contributed by atoms with Crippen LogP contribution in [0.1, 0.15) is 45.6 Å². The molecular formula is C13H22OS. The van der Waals surface area contributed by atoms with E-state index in [1.54, 1.807) is 11.3 Å². The topological polar surface area (TPSA) is 20.2 Å². The number of unbranched alkanes of at least 4 members (excludes halogenated alkanes) is 1. The lowest BCUT2D eigenvalue weighted by atomic mass is 9.86. The molecule has 0 radical (unpaired) electrons. The molecule has 0 aromatic carbocycles. The van der Waals surface area contributed by atoms with Crippen molar-refractivity contribution in [3.63, 3.8) is 0 Å². The molecule has 0 saturated heterocycles. The van der Waals surface area contributed by atoms with E-state index in [4.69, 9.17) is 0 Å². The summed E-state index contributed by atoms with van der Waals surface area (Å²) in [6.07, 6.45) is 4.21. The Balaban J connectivity index is 2.12. The highest BCUT2D eigenvalue weighted by Crippen LogP contribution is 2.23. The Bertz CT molecular complexity index is 259. The molecule has 1 atom stereocenters. The molecule has 2 heteroatoms. The average Bonchev–Trinajstić information content (AvgIpc) is 2.63. The Morgan fingerprint density at radius 2 is 2.07 bits per heavy atom. The number of aliphatic hydroxyl groups is 1. The molecule has 0 saturated carbocycles. The summed E-state index contributed by atoms with van der Waals surface area (Å²) >= 11 is 1.76. The van der Waals surface area contributed by atoms with Crippen LogP contribution in [0.3, 0.4) is 0 Å². The maximum absolute atomic E-state index is 9.84. The first-order valence-electron chi connectivity index (χ1n) is 5.69. The average molecular weight is 226 g/mol. The van der Waals surface area contributed by atoms with Gasteiger partial charge in [0.1, 0.15) is 0 Å². The minimum atomic E-state index is -0.167. The van der Waals surface area contributed by atoms with Crippen molar-refractivity contribution in [2.45, 2.75) is 52.6 Å². The molecule has 0 aliphatic rings. The lowest BCUT2D eigenvalue weighted by Crippen LogP contribution is -2.25. The number of aryl methyl sites for hydroxylation is 1. The summed E-state index contributed by atoms with van der Waals surface area (Å²) in [5.41, 5.74) is 1.47. The molecule has 0 aliphatic heterocycles. The molecule has 1 rings (SSSR count). The van der Waals surface area contributed by atoms with E-state index in [0.29, 0.717) is 0 Å². The van der Waals surface area contributed by atoms with E-state index in [2.05, 4.69) is 37.6 Å². The lowest BCUT2D eigenvalue weighted by Gasteiger charge is -2.25. The summed E-state index contributed by atoms with van der Waals surface area (Å²) in [5.74, 6) is 0. The fourth-order valence-electron chi connectivity index (χ4n) is 1.53. The highest BCUT2D eigenvalue weighted by Gasteiger charge is 2.20. The van der Waals surface area contributed by atoms with Gasteiger partial charge in [-0.2, -0.15) is 11.3 Å². The summed E-state index contributed by atoms with van der Waals surface area (Å²) in [5, 5.41) is 14.2. The highest BCUT2D eigenvalue weighted by molar-refractivity contribution is 7.07. The van der Waals surface area contributed by atoms with Gasteiger partial charge in [0.2, 0.25) is 0 Å². The van der Waals surface area contributed by atoms with Crippen LogP contribution in [0, 0.1) is 5.41 Å². The van der Waals surface area contributed by atoms with Gasteiger partial charge in [-0.15, -0.1) is 0 Å². The van der Waals surface area contributed by atoms with Crippen LogP contribution in [0.2, 0.25) is 0 Å². The van der Waals surface area contributed by atoms with E-state index in [1.807, 2.05) is 0 Å². The fraction of sp³-hybridized carbons (Fsp3) is 0.692. The third-order valence-corrected chi connectivity index (χ3v) is 3.50. The van der Waals surface area contributed by atoms with Gasteiger partial charge in [-0.3, -0.25) is 0 Å². The second-order valence-corrected chi connectivity index (χ2v) is 6.04. The number of thiophene rings is 1. The maximum Gasteiger partial charge on any atom is 0.0588 e. The quantitative estimate of drug-likeness (QED) is 0.756. The van der Waals surface area contributed by atoms with Crippen LogP contribution in [0.5, 0.6) is 0 Å². The summed E-state index contributed by atoms with van der Waals surface area (Å²) < 4.78 is 0. The number of rotatable bonds is 5. The molecule has 1 nitrogen and oxygen atoms in total. The van der Waals surface area contributed by atoms with E-state index < -0.39 is 0 Å². The Morgan fingerprint density at radius 1 is 1.33 bits per heavy atom. The molecule has 0 bridgehead atoms. The summed E-state index contributed by atoms with van der Waals surface area (Å²) in [6.45, 7) is 6.28. The van der Waals surface area contributed by atoms with Gasteiger partial charge in [0.05, 0.1) is 6.10 Å². The van der Waals surface area contributed by atoms with Crippen LogP contribution in [-0.4, -0.2) is 11.2 Å². The largest absolute Gasteiger partial charge is 0.393 e. The molecule has 0 spiro atoms. The SMILES string of the molecule is CC(C)(C)C(O)CCCCc1ccsc1. The molecule has 1 aromatic rings. The number of hydrogen-bond acceptors (Lipinski definition) is 2. The van der Waals surface area contributed by atoms with Crippen molar-refractivity contribution in [2.24, 2.45) is 5.41 Å². The van der Waals surface area contributed by atoms with Crippen molar-refractivity contribution < 1.29 is 5.11 Å². The van der Waals surface area contributed by atoms with Crippen LogP contribution in [0.4, 0.5) is 0 Å². The van der Waals surface area contributed by atoms with Gasteiger partial charge in [-0.05, 0) is 47.1 Å². The Labute approximate surface area is 97.2 Å². The van der Waals surface area contributed by atoms with Gasteiger partial charge in [-0.25, -0.2) is 0 Å². The van der Waals surface area contributed by atoms with Crippen molar-refractivity contribution in [3.8, 4) is 0 Å². The van der Waals surface area contributed by atoms with Crippen LogP contribution in [0.25, 0.3) is 0 Å². The number of aliphatic hydroxyl groups excluding tert-OH is 1. The molecule has 1 unspecified atom stereocenters. The molecule has 0 amide bonds. The third-order valence-electron chi connectivity index (χ3n) is 2.77. The molecule has 1 N–H and O–H groups in total. The minimum absolute atomic E-state index is 0.0301. The first kappa shape index (κ1) is 12.7. The molecular weight excluding hydrogens is 204 g/mol. The van der Waals surface area contributed by atoms with Gasteiger partial charge >= 0.3 is 0 Å². The molecule has 0 fully saturated rings. The summed E-state index contributed by atoms with van der Waals surface area (Å²) in [6, 6.07) is 2.19. The zero-order chi connectivity index (χ0) is 11.3. The Kier molecular flexibility index (Phi) is 4.81. The third kappa shape index (κ3) is 4.80. The molecule has 0 aliphatic carbocycles. The standard InChI is InChI=1S/C13H22OS/c1-13(2,3)12(14)7-5-4-6-11-8-9-15-10-11/h8-10,12,14H,4-7H2,1-3H3. The first-order chi connectivity index (χ1) is 7.00. The van der Waals surface area contributed by atoms with Crippen molar-refractivity contribution >= 4 is 11.3 Å². The van der Waals surface area contributed by atoms with Crippen molar-refractivity contribution in [1.29, 1.82) is 0 Å². The van der Waals surface area contributed by atoms with Crippen molar-refractivity contribution in [3.05, 3.63) is 22.4 Å². The molecule has 15 heavy (non-hydrogen) atoms. The Hall–Kier alpha value is -0.340. The van der Waals surface area contributed by atoms with Gasteiger partial charge in [0.25, 0.3) is 0 Å². The highest BCUT2D eigenvalue weighted by atomic mass is 32.1. The second kappa shape index (κ2) is 5.66. The van der Waals surface area contributed by atoms with E-state index >= 15 is 0 Å². The molecule has 86 valence electrons. The van der Waals surface area contributed by atoms with Crippen LogP contribution in [0.15, 0.2) is 16.8 Å². The maximum atomic E-state index is 9.84. The first-order valence-corrected chi connectivity index (χ1v) is 6.63. The van der Waals surface area contributed by atoms with Gasteiger partial charge in [0.15, 0.2) is 0 Å². The van der Waals surface area contributed by atoms with Crippen LogP contribution in [-0.2, 0) is 6.42 Å². The smallest absolute Gasteiger partial charge is 0.0588 e. The van der Waals surface area contributed by atoms with E-state index in [0.717, 1.165) is 19.3 Å². The van der Waals surface area contributed by atoms with Crippen molar-refractivity contribution in [2.75, 3.05) is 0 Å². The lowest BCUT2D eigenvalue weighted by molar-refractivity contribution is 0.0535. The predicted molar refractivity (Wildman–Crippen MR) is 67.3 cm³/mol. The number of hydrogen-bond donors (Lipinski definition) is 1. The predicted octanol–water partition coefficient (Wildman–Crippen LogP) is 3.87. The van der Waals surface area contributed by atoms with Gasteiger partial charge < -0.3 is 5.11 Å². The van der Waals surface area contributed by atoms with E-state index in [9.17, 15) is 5.11 Å². The minimum Gasteiger partial charge on any atom is -0.393 e. The van der Waals surface area contributed by atoms with Crippen molar-refractivity contribution in [1.82, 2.24) is 0 Å². The zero-order valence-corrected chi connectivity index (χ0v) is 10.8. The second-order valence-electron chi connectivity index (χ2n) is 5.26. The summed E-state index contributed by atoms with van der Waals surface area (Å²) in [4.78, 5) is 0. The van der Waals surface area contributed by atoms with Crippen LogP contribution < -0.4 is 0 Å². The van der Waals surface area contributed by atoms with E-state index in [1.165, 1.54) is 12.0 Å². The van der Waals surface area contributed by atoms with E-state index in [-0.39, 0.29) is 11.5 Å². The molecule has 1 aromatic heterocycles.